The van der Waals surface area contributed by atoms with Crippen molar-refractivity contribution in [2.75, 3.05) is 18.4 Å². The lowest BCUT2D eigenvalue weighted by Gasteiger charge is -2.24. The zero-order valence-corrected chi connectivity index (χ0v) is 17.7. The topological polar surface area (TPSA) is 70.2 Å². The second kappa shape index (κ2) is 8.38. The molecule has 1 atom stereocenters. The number of hydrogen-bond acceptors (Lipinski definition) is 3. The van der Waals surface area contributed by atoms with Gasteiger partial charge < -0.3 is 16.0 Å². The first-order chi connectivity index (χ1) is 12.3. The summed E-state index contributed by atoms with van der Waals surface area (Å²) < 4.78 is 0. The number of carbonyl (C=O) groups is 2. The van der Waals surface area contributed by atoms with Gasteiger partial charge in [-0.25, -0.2) is 0 Å². The summed E-state index contributed by atoms with van der Waals surface area (Å²) in [5.41, 5.74) is 0.974. The van der Waals surface area contributed by atoms with Gasteiger partial charge in [0.15, 0.2) is 0 Å². The van der Waals surface area contributed by atoms with Crippen molar-refractivity contribution in [2.24, 2.45) is 11.3 Å². The third kappa shape index (κ3) is 4.95. The first-order valence-corrected chi connectivity index (χ1v) is 9.78. The lowest BCUT2D eigenvalue weighted by atomic mass is 9.92. The third-order valence-electron chi connectivity index (χ3n) is 5.92. The van der Waals surface area contributed by atoms with Crippen molar-refractivity contribution in [1.82, 2.24) is 10.6 Å². The van der Waals surface area contributed by atoms with Crippen LogP contribution >= 0.6 is 24.0 Å². The van der Waals surface area contributed by atoms with Gasteiger partial charge in [0.05, 0.1) is 10.6 Å². The van der Waals surface area contributed by atoms with Crippen molar-refractivity contribution in [3.05, 3.63) is 28.8 Å². The van der Waals surface area contributed by atoms with Crippen LogP contribution in [0, 0.1) is 11.3 Å². The molecular weight excluding hydrogens is 385 g/mol. The number of nitrogens with one attached hydrogen (secondary N) is 3. The van der Waals surface area contributed by atoms with E-state index in [9.17, 15) is 9.59 Å². The van der Waals surface area contributed by atoms with Crippen molar-refractivity contribution >= 4 is 41.5 Å². The number of hydrogen-bond donors (Lipinski definition) is 3. The van der Waals surface area contributed by atoms with Crippen LogP contribution in [-0.2, 0) is 4.79 Å². The molecule has 1 heterocycles. The Kier molecular flexibility index (Phi) is 6.82. The van der Waals surface area contributed by atoms with Gasteiger partial charge in [0.2, 0.25) is 5.91 Å². The highest BCUT2D eigenvalue weighted by Crippen LogP contribution is 2.58. The first-order valence-electron chi connectivity index (χ1n) is 9.40. The summed E-state index contributed by atoms with van der Waals surface area (Å²) >= 11 is 6.30. The molecule has 5 nitrogen and oxygen atoms in total. The Morgan fingerprint density at radius 3 is 2.56 bits per heavy atom. The minimum Gasteiger partial charge on any atom is -0.347 e. The monoisotopic (exact) mass is 413 g/mol. The molecular formula is C20H29Cl2N3O2. The highest BCUT2D eigenvalue weighted by Gasteiger charge is 2.57. The SMILES string of the molecule is CCC(C)(C)NC(=O)c1ccc(NC(=O)C2CC23CCNCC3)cc1Cl.Cl. The van der Waals surface area contributed by atoms with E-state index in [1.807, 2.05) is 20.8 Å². The first kappa shape index (κ1) is 22.0. The number of rotatable bonds is 5. The average molecular weight is 414 g/mol. The molecule has 2 amide bonds. The molecule has 150 valence electrons. The summed E-state index contributed by atoms with van der Waals surface area (Å²) in [6.45, 7) is 7.95. The van der Waals surface area contributed by atoms with Crippen LogP contribution in [0.2, 0.25) is 5.02 Å². The summed E-state index contributed by atoms with van der Waals surface area (Å²) in [5.74, 6) is -0.0421. The summed E-state index contributed by atoms with van der Waals surface area (Å²) in [7, 11) is 0. The van der Waals surface area contributed by atoms with Crippen LogP contribution in [-0.4, -0.2) is 30.4 Å². The van der Waals surface area contributed by atoms with Crippen molar-refractivity contribution in [3.63, 3.8) is 0 Å². The summed E-state index contributed by atoms with van der Waals surface area (Å²) in [6, 6.07) is 5.08. The van der Waals surface area contributed by atoms with Crippen LogP contribution in [0.4, 0.5) is 5.69 Å². The fourth-order valence-electron chi connectivity index (χ4n) is 3.67. The number of carbonyl (C=O) groups excluding carboxylic acids is 2. The highest BCUT2D eigenvalue weighted by molar-refractivity contribution is 6.34. The molecule has 1 aliphatic carbocycles. The van der Waals surface area contributed by atoms with E-state index in [1.165, 1.54) is 0 Å². The quantitative estimate of drug-likeness (QED) is 0.682. The Morgan fingerprint density at radius 1 is 1.30 bits per heavy atom. The number of benzene rings is 1. The Hall–Kier alpha value is -1.30. The number of amides is 2. The molecule has 1 aromatic carbocycles. The van der Waals surface area contributed by atoms with Crippen LogP contribution in [0.1, 0.15) is 56.8 Å². The smallest absolute Gasteiger partial charge is 0.253 e. The van der Waals surface area contributed by atoms with Crippen LogP contribution in [0.15, 0.2) is 18.2 Å². The van der Waals surface area contributed by atoms with E-state index < -0.39 is 0 Å². The molecule has 3 rings (SSSR count). The van der Waals surface area contributed by atoms with Crippen LogP contribution in [0.5, 0.6) is 0 Å². The van der Waals surface area contributed by atoms with E-state index in [0.717, 1.165) is 38.8 Å². The second-order valence-corrected chi connectivity index (χ2v) is 8.65. The largest absolute Gasteiger partial charge is 0.347 e. The molecule has 0 bridgehead atoms. The van der Waals surface area contributed by atoms with E-state index in [1.54, 1.807) is 18.2 Å². The van der Waals surface area contributed by atoms with E-state index in [2.05, 4.69) is 16.0 Å². The Labute approximate surface area is 172 Å². The van der Waals surface area contributed by atoms with Crippen LogP contribution in [0.3, 0.4) is 0 Å². The summed E-state index contributed by atoms with van der Waals surface area (Å²) in [6.07, 6.45) is 3.93. The summed E-state index contributed by atoms with van der Waals surface area (Å²) in [4.78, 5) is 25.0. The zero-order chi connectivity index (χ0) is 18.9. The van der Waals surface area contributed by atoms with Gasteiger partial charge in [-0.3, -0.25) is 9.59 Å². The Balaban J connectivity index is 0.00000261. The molecule has 1 spiro atoms. The molecule has 1 saturated heterocycles. The highest BCUT2D eigenvalue weighted by atomic mass is 35.5. The maximum atomic E-state index is 12.6. The lowest BCUT2D eigenvalue weighted by molar-refractivity contribution is -0.118. The minimum atomic E-state index is -0.289. The normalized spacial score (nSPS) is 20.5. The van der Waals surface area contributed by atoms with Gasteiger partial charge in [-0.05, 0) is 76.2 Å². The van der Waals surface area contributed by atoms with Gasteiger partial charge in [0.1, 0.15) is 0 Å². The van der Waals surface area contributed by atoms with Crippen molar-refractivity contribution in [3.8, 4) is 0 Å². The molecule has 7 heteroatoms. The van der Waals surface area contributed by atoms with Crippen LogP contribution < -0.4 is 16.0 Å². The molecule has 27 heavy (non-hydrogen) atoms. The molecule has 2 fully saturated rings. The molecule has 0 aromatic heterocycles. The Bertz CT molecular complexity index is 715. The van der Waals surface area contributed by atoms with E-state index in [-0.39, 0.29) is 41.1 Å². The van der Waals surface area contributed by atoms with Crippen molar-refractivity contribution < 1.29 is 9.59 Å². The fraction of sp³-hybridized carbons (Fsp3) is 0.600. The van der Waals surface area contributed by atoms with Gasteiger partial charge in [-0.15, -0.1) is 12.4 Å². The van der Waals surface area contributed by atoms with Gasteiger partial charge in [0.25, 0.3) is 5.91 Å². The van der Waals surface area contributed by atoms with E-state index >= 15 is 0 Å². The Morgan fingerprint density at radius 2 is 1.96 bits per heavy atom. The second-order valence-electron chi connectivity index (χ2n) is 8.24. The summed E-state index contributed by atoms with van der Waals surface area (Å²) in [5, 5.41) is 9.63. The van der Waals surface area contributed by atoms with Crippen LogP contribution in [0.25, 0.3) is 0 Å². The van der Waals surface area contributed by atoms with Gasteiger partial charge >= 0.3 is 0 Å². The molecule has 0 radical (unpaired) electrons. The molecule has 1 saturated carbocycles. The van der Waals surface area contributed by atoms with Gasteiger partial charge in [0, 0.05) is 17.1 Å². The predicted molar refractivity (Wildman–Crippen MR) is 112 cm³/mol. The molecule has 1 aliphatic heterocycles. The maximum absolute atomic E-state index is 12.6. The minimum absolute atomic E-state index is 0. The lowest BCUT2D eigenvalue weighted by Crippen LogP contribution is -2.42. The fourth-order valence-corrected chi connectivity index (χ4v) is 3.93. The average Bonchev–Trinajstić information content (AvgIpc) is 3.28. The number of anilines is 1. The number of halogens is 2. The molecule has 1 unspecified atom stereocenters. The van der Waals surface area contributed by atoms with Gasteiger partial charge in [-0.2, -0.15) is 0 Å². The standard InChI is InChI=1S/C20H28ClN3O2.ClH/c1-4-19(2,3)24-17(25)14-6-5-13(11-16(14)21)23-18(26)15-12-20(15)7-9-22-10-8-20;/h5-6,11,15,22H,4,7-10,12H2,1-3H3,(H,23,26)(H,24,25);1H. The van der Waals surface area contributed by atoms with Crippen molar-refractivity contribution in [1.29, 1.82) is 0 Å². The van der Waals surface area contributed by atoms with E-state index in [0.29, 0.717) is 16.3 Å². The van der Waals surface area contributed by atoms with Crippen molar-refractivity contribution in [2.45, 2.75) is 52.0 Å². The third-order valence-corrected chi connectivity index (χ3v) is 6.24. The molecule has 2 aliphatic rings. The van der Waals surface area contributed by atoms with E-state index in [4.69, 9.17) is 11.6 Å². The zero-order valence-electron chi connectivity index (χ0n) is 16.2. The number of piperidine rings is 1. The molecule has 1 aromatic rings. The van der Waals surface area contributed by atoms with Gasteiger partial charge in [-0.1, -0.05) is 18.5 Å². The molecule has 3 N–H and O–H groups in total. The maximum Gasteiger partial charge on any atom is 0.253 e. The predicted octanol–water partition coefficient (Wildman–Crippen LogP) is 4.01.